The number of halogens is 5. The Bertz CT molecular complexity index is 611. The van der Waals surface area contributed by atoms with E-state index in [1.807, 2.05) is 0 Å². The molecule has 0 saturated carbocycles. The minimum absolute atomic E-state index is 0.0508. The van der Waals surface area contributed by atoms with Crippen LogP contribution in [0.15, 0.2) is 18.3 Å². The molecule has 2 heterocycles. The molecule has 2 aromatic rings. The van der Waals surface area contributed by atoms with E-state index in [4.69, 9.17) is 17.3 Å². The number of pyridine rings is 1. The first-order valence-corrected chi connectivity index (χ1v) is 6.47. The van der Waals surface area contributed by atoms with Gasteiger partial charge in [-0.15, -0.1) is 0 Å². The summed E-state index contributed by atoms with van der Waals surface area (Å²) in [7, 11) is 0. The third-order valence-corrected chi connectivity index (χ3v) is 3.17. The molecule has 0 bridgehead atoms. The summed E-state index contributed by atoms with van der Waals surface area (Å²) in [5.74, 6) is 0.0508. The van der Waals surface area contributed by atoms with Gasteiger partial charge in [-0.2, -0.15) is 18.3 Å². The van der Waals surface area contributed by atoms with Gasteiger partial charge in [-0.25, -0.2) is 9.67 Å². The van der Waals surface area contributed by atoms with Crippen LogP contribution in [0, 0.1) is 0 Å². The second kappa shape index (κ2) is 5.01. The fourth-order valence-electron chi connectivity index (χ4n) is 1.55. The van der Waals surface area contributed by atoms with E-state index in [-0.39, 0.29) is 16.7 Å². The lowest BCUT2D eigenvalue weighted by molar-refractivity contribution is -0.137. The zero-order valence-electron chi connectivity index (χ0n) is 9.25. The maximum Gasteiger partial charge on any atom is 0.418 e. The highest BCUT2D eigenvalue weighted by molar-refractivity contribution is 9.08. The van der Waals surface area contributed by atoms with Gasteiger partial charge in [-0.3, -0.25) is 0 Å². The van der Waals surface area contributed by atoms with Crippen LogP contribution < -0.4 is 5.73 Å². The molecule has 0 radical (unpaired) electrons. The van der Waals surface area contributed by atoms with Crippen LogP contribution in [0.1, 0.15) is 11.3 Å². The molecule has 0 atom stereocenters. The number of hydrogen-bond acceptors (Lipinski definition) is 3. The van der Waals surface area contributed by atoms with Crippen molar-refractivity contribution in [3.8, 4) is 5.69 Å². The summed E-state index contributed by atoms with van der Waals surface area (Å²) in [5.41, 5.74) is 4.83. The first-order chi connectivity index (χ1) is 8.84. The van der Waals surface area contributed by atoms with Crippen molar-refractivity contribution in [3.63, 3.8) is 0 Å². The summed E-state index contributed by atoms with van der Waals surface area (Å²) < 4.78 is 39.8. The lowest BCUT2D eigenvalue weighted by Gasteiger charge is -2.14. The summed E-state index contributed by atoms with van der Waals surface area (Å²) in [6.45, 7) is 0. The van der Waals surface area contributed by atoms with Crippen molar-refractivity contribution in [2.75, 3.05) is 5.73 Å². The molecule has 0 fully saturated rings. The van der Waals surface area contributed by atoms with Crippen molar-refractivity contribution < 1.29 is 13.2 Å². The molecule has 0 aliphatic rings. The number of hydrogen-bond donors (Lipinski definition) is 1. The van der Waals surface area contributed by atoms with E-state index in [1.54, 1.807) is 0 Å². The number of aromatic nitrogens is 3. The predicted octanol–water partition coefficient (Wildman–Crippen LogP) is 3.42. The van der Waals surface area contributed by atoms with Gasteiger partial charge in [0.2, 0.25) is 0 Å². The second-order valence-electron chi connectivity index (χ2n) is 3.60. The van der Waals surface area contributed by atoms with Crippen molar-refractivity contribution in [3.05, 3.63) is 34.7 Å². The van der Waals surface area contributed by atoms with Gasteiger partial charge in [-0.05, 0) is 6.07 Å². The zero-order chi connectivity index (χ0) is 14.2. The van der Waals surface area contributed by atoms with Gasteiger partial charge in [0, 0.05) is 17.6 Å². The molecule has 0 amide bonds. The van der Waals surface area contributed by atoms with E-state index in [0.717, 1.165) is 16.9 Å². The average molecular weight is 356 g/mol. The molecule has 0 aliphatic carbocycles. The fraction of sp³-hybridized carbons (Fsp3) is 0.200. The molecule has 2 rings (SSSR count). The van der Waals surface area contributed by atoms with E-state index in [0.29, 0.717) is 11.0 Å². The summed E-state index contributed by atoms with van der Waals surface area (Å²) in [6.07, 6.45) is -3.59. The quantitative estimate of drug-likeness (QED) is 0.663. The molecule has 0 aliphatic heterocycles. The van der Waals surface area contributed by atoms with Gasteiger partial charge in [0.05, 0.1) is 11.3 Å². The Balaban J connectivity index is 2.70. The highest BCUT2D eigenvalue weighted by Crippen LogP contribution is 2.37. The Hall–Kier alpha value is -1.28. The Morgan fingerprint density at radius 3 is 2.63 bits per heavy atom. The van der Waals surface area contributed by atoms with Gasteiger partial charge in [-0.1, -0.05) is 27.5 Å². The number of alkyl halides is 4. The molecule has 2 aromatic heterocycles. The van der Waals surface area contributed by atoms with Crippen molar-refractivity contribution >= 4 is 33.3 Å². The van der Waals surface area contributed by atoms with Crippen LogP contribution in [0.25, 0.3) is 5.69 Å². The van der Waals surface area contributed by atoms with Crippen LogP contribution in [0.3, 0.4) is 0 Å². The number of nitrogen functional groups attached to an aromatic ring is 1. The van der Waals surface area contributed by atoms with Gasteiger partial charge in [0.1, 0.15) is 11.5 Å². The Kier molecular flexibility index (Phi) is 3.73. The molecule has 0 unspecified atom stereocenters. The summed E-state index contributed by atoms with van der Waals surface area (Å²) in [5, 5.41) is 4.00. The molecule has 19 heavy (non-hydrogen) atoms. The van der Waals surface area contributed by atoms with Crippen molar-refractivity contribution in [2.24, 2.45) is 0 Å². The van der Waals surface area contributed by atoms with Gasteiger partial charge in [0.25, 0.3) is 0 Å². The lowest BCUT2D eigenvalue weighted by Crippen LogP contribution is -2.14. The highest BCUT2D eigenvalue weighted by Gasteiger charge is 2.36. The Morgan fingerprint density at radius 1 is 1.42 bits per heavy atom. The average Bonchev–Trinajstić information content (AvgIpc) is 2.69. The smallest absolute Gasteiger partial charge is 0.384 e. The number of anilines is 1. The molecule has 0 saturated heterocycles. The molecular formula is C10H7BrClF3N4. The maximum atomic E-state index is 13.0. The van der Waals surface area contributed by atoms with Crippen molar-refractivity contribution in [1.82, 2.24) is 14.8 Å². The normalized spacial score (nSPS) is 11.8. The number of nitrogens with two attached hydrogens (primary N) is 1. The maximum absolute atomic E-state index is 13.0. The van der Waals surface area contributed by atoms with E-state index in [9.17, 15) is 13.2 Å². The molecule has 2 N–H and O–H groups in total. The number of rotatable bonds is 2. The Morgan fingerprint density at radius 2 is 2.11 bits per heavy atom. The van der Waals surface area contributed by atoms with Crippen LogP contribution in [0.4, 0.5) is 19.0 Å². The largest absolute Gasteiger partial charge is 0.418 e. The summed E-state index contributed by atoms with van der Waals surface area (Å²) in [6, 6.07) is 2.29. The van der Waals surface area contributed by atoms with Crippen molar-refractivity contribution in [2.45, 2.75) is 11.5 Å². The third-order valence-electron chi connectivity index (χ3n) is 2.32. The summed E-state index contributed by atoms with van der Waals surface area (Å²) >= 11 is 8.91. The number of nitrogens with zero attached hydrogens (tertiary/aromatic N) is 3. The van der Waals surface area contributed by atoms with Gasteiger partial charge >= 0.3 is 6.18 Å². The van der Waals surface area contributed by atoms with Crippen LogP contribution in [-0.2, 0) is 11.5 Å². The van der Waals surface area contributed by atoms with Gasteiger partial charge in [0.15, 0.2) is 5.15 Å². The second-order valence-corrected chi connectivity index (χ2v) is 4.52. The van der Waals surface area contributed by atoms with Crippen LogP contribution in [-0.4, -0.2) is 14.8 Å². The molecular weight excluding hydrogens is 348 g/mol. The molecule has 0 aromatic carbocycles. The molecule has 102 valence electrons. The van der Waals surface area contributed by atoms with E-state index in [2.05, 4.69) is 26.0 Å². The lowest BCUT2D eigenvalue weighted by atomic mass is 10.2. The minimum atomic E-state index is -4.57. The predicted molar refractivity (Wildman–Crippen MR) is 68.4 cm³/mol. The first kappa shape index (κ1) is 14.1. The summed E-state index contributed by atoms with van der Waals surface area (Å²) in [4.78, 5) is 3.64. The van der Waals surface area contributed by atoms with Crippen LogP contribution in [0.2, 0.25) is 5.15 Å². The van der Waals surface area contributed by atoms with E-state index >= 15 is 0 Å². The van der Waals surface area contributed by atoms with Crippen LogP contribution in [0.5, 0.6) is 0 Å². The standard InChI is InChI=1S/C10H7BrClF3N4/c11-4-5-3-7(16)19(18-5)8-6(10(13,14)15)1-2-17-9(8)12/h1-3H,4,16H2. The van der Waals surface area contributed by atoms with E-state index < -0.39 is 11.7 Å². The van der Waals surface area contributed by atoms with Crippen LogP contribution >= 0.6 is 27.5 Å². The monoisotopic (exact) mass is 354 g/mol. The first-order valence-electron chi connectivity index (χ1n) is 4.97. The Labute approximate surface area is 119 Å². The molecule has 9 heteroatoms. The zero-order valence-corrected chi connectivity index (χ0v) is 11.6. The third kappa shape index (κ3) is 2.69. The minimum Gasteiger partial charge on any atom is -0.384 e. The topological polar surface area (TPSA) is 56.7 Å². The van der Waals surface area contributed by atoms with E-state index in [1.165, 1.54) is 6.07 Å². The van der Waals surface area contributed by atoms with Gasteiger partial charge < -0.3 is 5.73 Å². The van der Waals surface area contributed by atoms with Crippen molar-refractivity contribution in [1.29, 1.82) is 0 Å². The highest BCUT2D eigenvalue weighted by atomic mass is 79.9. The molecule has 0 spiro atoms. The molecule has 4 nitrogen and oxygen atoms in total. The fourth-order valence-corrected chi connectivity index (χ4v) is 2.06. The SMILES string of the molecule is Nc1cc(CBr)nn1-c1c(C(F)(F)F)ccnc1Cl.